The summed E-state index contributed by atoms with van der Waals surface area (Å²) in [6.07, 6.45) is 8.52. The molecule has 1 aliphatic heterocycles. The molecule has 5 nitrogen and oxygen atoms in total. The van der Waals surface area contributed by atoms with Crippen molar-refractivity contribution in [1.29, 1.82) is 0 Å². The fourth-order valence-electron chi connectivity index (χ4n) is 4.09. The van der Waals surface area contributed by atoms with Gasteiger partial charge in [-0.05, 0) is 44.7 Å². The Kier molecular flexibility index (Phi) is 6.35. The maximum atomic E-state index is 13.1. The van der Waals surface area contributed by atoms with E-state index >= 15 is 0 Å². The average molecular weight is 379 g/mol. The first-order valence-electron chi connectivity index (χ1n) is 9.85. The Morgan fingerprint density at radius 2 is 1.69 bits per heavy atom. The maximum Gasteiger partial charge on any atom is 0.243 e. The molecule has 1 saturated heterocycles. The van der Waals surface area contributed by atoms with Crippen molar-refractivity contribution < 1.29 is 13.2 Å². The van der Waals surface area contributed by atoms with Gasteiger partial charge < -0.3 is 5.32 Å². The lowest BCUT2D eigenvalue weighted by molar-refractivity contribution is -0.123. The van der Waals surface area contributed by atoms with Crippen LogP contribution >= 0.6 is 0 Å². The van der Waals surface area contributed by atoms with Crippen molar-refractivity contribution in [1.82, 2.24) is 9.62 Å². The van der Waals surface area contributed by atoms with E-state index in [4.69, 9.17) is 0 Å². The topological polar surface area (TPSA) is 66.5 Å². The van der Waals surface area contributed by atoms with Crippen molar-refractivity contribution in [3.8, 4) is 0 Å². The molecule has 26 heavy (non-hydrogen) atoms. The summed E-state index contributed by atoms with van der Waals surface area (Å²) in [6.45, 7) is 2.44. The Hall–Kier alpha value is -1.40. The van der Waals surface area contributed by atoms with Gasteiger partial charge in [0.05, 0.1) is 4.90 Å². The largest absolute Gasteiger partial charge is 0.353 e. The van der Waals surface area contributed by atoms with Crippen LogP contribution in [0.3, 0.4) is 0 Å². The zero-order valence-corrected chi connectivity index (χ0v) is 16.4. The molecule has 1 aliphatic carbocycles. The van der Waals surface area contributed by atoms with Crippen molar-refractivity contribution in [3.05, 3.63) is 29.8 Å². The molecule has 1 atom stereocenters. The average Bonchev–Trinajstić information content (AvgIpc) is 2.63. The lowest BCUT2D eigenvalue weighted by atomic mass is 9.95. The quantitative estimate of drug-likeness (QED) is 0.854. The Bertz CT molecular complexity index is 709. The third-order valence-electron chi connectivity index (χ3n) is 5.59. The van der Waals surface area contributed by atoms with E-state index < -0.39 is 10.0 Å². The summed E-state index contributed by atoms with van der Waals surface area (Å²) < 4.78 is 27.7. The number of sulfonamides is 1. The Morgan fingerprint density at radius 3 is 2.38 bits per heavy atom. The SMILES string of the molecule is Cc1ccc(S(=O)(=O)N2CCCCC2CC(=O)NC2CCCCC2)cc1. The van der Waals surface area contributed by atoms with Crippen molar-refractivity contribution in [3.63, 3.8) is 0 Å². The lowest BCUT2D eigenvalue weighted by Crippen LogP contribution is -2.47. The minimum absolute atomic E-state index is 0.00657. The highest BCUT2D eigenvalue weighted by Crippen LogP contribution is 2.27. The van der Waals surface area contributed by atoms with Gasteiger partial charge in [0.1, 0.15) is 0 Å². The molecule has 0 bridgehead atoms. The number of hydrogen-bond acceptors (Lipinski definition) is 3. The van der Waals surface area contributed by atoms with Crippen LogP contribution in [0.4, 0.5) is 0 Å². The van der Waals surface area contributed by atoms with E-state index in [1.165, 1.54) is 19.3 Å². The van der Waals surface area contributed by atoms with Gasteiger partial charge >= 0.3 is 0 Å². The number of rotatable bonds is 5. The summed E-state index contributed by atoms with van der Waals surface area (Å²) in [5, 5.41) is 3.12. The molecule has 2 aliphatic rings. The van der Waals surface area contributed by atoms with Crippen molar-refractivity contribution in [2.75, 3.05) is 6.54 Å². The third-order valence-corrected chi connectivity index (χ3v) is 7.56. The number of amides is 1. The minimum atomic E-state index is -3.55. The lowest BCUT2D eigenvalue weighted by Gasteiger charge is -2.35. The standard InChI is InChI=1S/C20H30N2O3S/c1-16-10-12-19(13-11-16)26(24,25)22-14-6-5-9-18(22)15-20(23)21-17-7-3-2-4-8-17/h10-13,17-18H,2-9,14-15H2,1H3,(H,21,23). The van der Waals surface area contributed by atoms with Crippen molar-refractivity contribution in [2.24, 2.45) is 0 Å². The number of nitrogens with one attached hydrogen (secondary N) is 1. The van der Waals surface area contributed by atoms with E-state index in [0.717, 1.165) is 37.7 Å². The second-order valence-corrected chi connectivity index (χ2v) is 9.58. The van der Waals surface area contributed by atoms with Gasteiger partial charge in [-0.1, -0.05) is 43.4 Å². The van der Waals surface area contributed by atoms with E-state index in [1.807, 2.05) is 19.1 Å². The maximum absolute atomic E-state index is 13.1. The second-order valence-electron chi connectivity index (χ2n) is 7.68. The molecule has 1 aromatic rings. The molecule has 1 N–H and O–H groups in total. The van der Waals surface area contributed by atoms with Crippen LogP contribution in [-0.4, -0.2) is 37.3 Å². The summed E-state index contributed by atoms with van der Waals surface area (Å²) in [4.78, 5) is 12.8. The molecule has 1 saturated carbocycles. The van der Waals surface area contributed by atoms with Crippen LogP contribution in [-0.2, 0) is 14.8 Å². The van der Waals surface area contributed by atoms with Crippen LogP contribution in [0, 0.1) is 6.92 Å². The van der Waals surface area contributed by atoms with Gasteiger partial charge in [-0.2, -0.15) is 4.31 Å². The van der Waals surface area contributed by atoms with E-state index in [2.05, 4.69) is 5.32 Å². The minimum Gasteiger partial charge on any atom is -0.353 e. The van der Waals surface area contributed by atoms with Gasteiger partial charge in [-0.25, -0.2) is 8.42 Å². The van der Waals surface area contributed by atoms with E-state index in [9.17, 15) is 13.2 Å². The molecule has 1 amide bonds. The normalized spacial score (nSPS) is 22.9. The Labute approximate surface area is 157 Å². The van der Waals surface area contributed by atoms with E-state index in [0.29, 0.717) is 11.4 Å². The van der Waals surface area contributed by atoms with Crippen LogP contribution in [0.1, 0.15) is 63.4 Å². The summed E-state index contributed by atoms with van der Waals surface area (Å²) in [5.74, 6) is -0.00657. The van der Waals surface area contributed by atoms with Gasteiger partial charge in [0, 0.05) is 25.0 Å². The fraction of sp³-hybridized carbons (Fsp3) is 0.650. The van der Waals surface area contributed by atoms with Crippen LogP contribution in [0.25, 0.3) is 0 Å². The summed E-state index contributed by atoms with van der Waals surface area (Å²) in [5.41, 5.74) is 1.03. The molecule has 1 aromatic carbocycles. The third kappa shape index (κ3) is 4.65. The highest BCUT2D eigenvalue weighted by Gasteiger charge is 2.34. The number of nitrogens with zero attached hydrogens (tertiary/aromatic N) is 1. The fourth-order valence-corrected chi connectivity index (χ4v) is 5.78. The summed E-state index contributed by atoms with van der Waals surface area (Å²) in [6, 6.07) is 7.00. The molecular weight excluding hydrogens is 348 g/mol. The molecule has 144 valence electrons. The molecule has 1 heterocycles. The number of carbonyl (C=O) groups excluding carboxylic acids is 1. The smallest absolute Gasteiger partial charge is 0.243 e. The molecule has 0 radical (unpaired) electrons. The van der Waals surface area contributed by atoms with Crippen LogP contribution in [0.2, 0.25) is 0 Å². The molecule has 3 rings (SSSR count). The highest BCUT2D eigenvalue weighted by molar-refractivity contribution is 7.89. The van der Waals surface area contributed by atoms with Gasteiger partial charge in [0.15, 0.2) is 0 Å². The molecule has 0 spiro atoms. The van der Waals surface area contributed by atoms with E-state index in [1.54, 1.807) is 16.4 Å². The first kappa shape index (κ1) is 19.4. The molecule has 0 aromatic heterocycles. The molecular formula is C20H30N2O3S. The monoisotopic (exact) mass is 378 g/mol. The number of benzene rings is 1. The number of carbonyl (C=O) groups is 1. The second kappa shape index (κ2) is 8.53. The Balaban J connectivity index is 1.68. The number of aryl methyl sites for hydroxylation is 1. The molecule has 1 unspecified atom stereocenters. The van der Waals surface area contributed by atoms with Crippen molar-refractivity contribution in [2.45, 2.75) is 81.7 Å². The van der Waals surface area contributed by atoms with E-state index in [-0.39, 0.29) is 24.4 Å². The summed E-state index contributed by atoms with van der Waals surface area (Å²) in [7, 11) is -3.55. The zero-order valence-electron chi connectivity index (χ0n) is 15.6. The summed E-state index contributed by atoms with van der Waals surface area (Å²) >= 11 is 0. The number of piperidine rings is 1. The van der Waals surface area contributed by atoms with Gasteiger partial charge in [-0.15, -0.1) is 0 Å². The zero-order chi connectivity index (χ0) is 18.6. The Morgan fingerprint density at radius 1 is 1.04 bits per heavy atom. The van der Waals surface area contributed by atoms with Crippen LogP contribution < -0.4 is 5.32 Å². The predicted molar refractivity (Wildman–Crippen MR) is 102 cm³/mol. The first-order chi connectivity index (χ1) is 12.5. The molecule has 2 fully saturated rings. The molecule has 6 heteroatoms. The predicted octanol–water partition coefficient (Wildman–Crippen LogP) is 3.38. The van der Waals surface area contributed by atoms with Gasteiger partial charge in [0.25, 0.3) is 0 Å². The highest BCUT2D eigenvalue weighted by atomic mass is 32.2. The van der Waals surface area contributed by atoms with Crippen molar-refractivity contribution >= 4 is 15.9 Å². The van der Waals surface area contributed by atoms with Gasteiger partial charge in [-0.3, -0.25) is 4.79 Å². The van der Waals surface area contributed by atoms with Gasteiger partial charge in [0.2, 0.25) is 15.9 Å². The van der Waals surface area contributed by atoms with Crippen LogP contribution in [0.5, 0.6) is 0 Å². The van der Waals surface area contributed by atoms with Crippen LogP contribution in [0.15, 0.2) is 29.2 Å². The number of hydrogen-bond donors (Lipinski definition) is 1. The first-order valence-corrected chi connectivity index (χ1v) is 11.3.